The summed E-state index contributed by atoms with van der Waals surface area (Å²) in [6.45, 7) is 0. The molecule has 1 N–H and O–H groups in total. The van der Waals surface area contributed by atoms with Crippen LogP contribution >= 0.6 is 15.9 Å². The highest BCUT2D eigenvalue weighted by Crippen LogP contribution is 2.31. The first kappa shape index (κ1) is 11.5. The van der Waals surface area contributed by atoms with Crippen molar-refractivity contribution in [1.29, 1.82) is 0 Å². The van der Waals surface area contributed by atoms with Crippen molar-refractivity contribution < 1.29 is 8.76 Å². The standard InChI is InChI=1S/C12H9BrO2S/c13-11-7-3-1-5-9(11)10-6-2-4-8-12(10)16(14)15/h1-8H,(H,14,15). The molecule has 0 aliphatic rings. The van der Waals surface area contributed by atoms with Crippen LogP contribution in [0, 0.1) is 0 Å². The fraction of sp³-hybridized carbons (Fsp3) is 0. The van der Waals surface area contributed by atoms with Gasteiger partial charge >= 0.3 is 0 Å². The molecule has 0 fully saturated rings. The maximum atomic E-state index is 11.2. The van der Waals surface area contributed by atoms with Crippen LogP contribution < -0.4 is 0 Å². The van der Waals surface area contributed by atoms with Crippen LogP contribution in [-0.2, 0) is 11.1 Å². The maximum Gasteiger partial charge on any atom is 0.187 e. The minimum atomic E-state index is -1.97. The molecule has 2 aromatic carbocycles. The highest BCUT2D eigenvalue weighted by atomic mass is 79.9. The Balaban J connectivity index is 2.65. The van der Waals surface area contributed by atoms with Gasteiger partial charge in [-0.3, -0.25) is 0 Å². The van der Waals surface area contributed by atoms with E-state index < -0.39 is 11.1 Å². The Labute approximate surface area is 105 Å². The first-order chi connectivity index (χ1) is 7.70. The first-order valence-corrected chi connectivity index (χ1v) is 6.55. The molecule has 0 aromatic heterocycles. The Morgan fingerprint density at radius 1 is 0.938 bits per heavy atom. The van der Waals surface area contributed by atoms with Crippen LogP contribution in [0.15, 0.2) is 57.9 Å². The molecule has 0 radical (unpaired) electrons. The molecule has 0 spiro atoms. The van der Waals surface area contributed by atoms with Crippen LogP contribution in [0.3, 0.4) is 0 Å². The molecule has 4 heteroatoms. The Morgan fingerprint density at radius 3 is 2.12 bits per heavy atom. The van der Waals surface area contributed by atoms with Gasteiger partial charge in [0.2, 0.25) is 0 Å². The summed E-state index contributed by atoms with van der Waals surface area (Å²) >= 11 is 1.47. The third kappa shape index (κ3) is 2.24. The Kier molecular flexibility index (Phi) is 3.53. The quantitative estimate of drug-likeness (QED) is 0.858. The lowest BCUT2D eigenvalue weighted by molar-refractivity contribution is 0.564. The lowest BCUT2D eigenvalue weighted by Crippen LogP contribution is -1.92. The van der Waals surface area contributed by atoms with Crippen molar-refractivity contribution in [2.75, 3.05) is 0 Å². The number of rotatable bonds is 2. The molecule has 16 heavy (non-hydrogen) atoms. The smallest absolute Gasteiger partial charge is 0.187 e. The van der Waals surface area contributed by atoms with Gasteiger partial charge in [0.1, 0.15) is 0 Å². The molecular formula is C12H9BrO2S. The van der Waals surface area contributed by atoms with Crippen LogP contribution in [0.2, 0.25) is 0 Å². The van der Waals surface area contributed by atoms with Crippen LogP contribution in [0.5, 0.6) is 0 Å². The van der Waals surface area contributed by atoms with Crippen molar-refractivity contribution in [3.05, 3.63) is 53.0 Å². The fourth-order valence-corrected chi connectivity index (χ4v) is 2.58. The van der Waals surface area contributed by atoms with Crippen LogP contribution in [0.25, 0.3) is 11.1 Å². The number of hydrogen-bond acceptors (Lipinski definition) is 1. The summed E-state index contributed by atoms with van der Waals surface area (Å²) < 4.78 is 21.3. The van der Waals surface area contributed by atoms with Gasteiger partial charge in [-0.05, 0) is 17.7 Å². The van der Waals surface area contributed by atoms with E-state index in [9.17, 15) is 8.76 Å². The largest absolute Gasteiger partial charge is 0.302 e. The van der Waals surface area contributed by atoms with E-state index in [-0.39, 0.29) is 0 Å². The minimum Gasteiger partial charge on any atom is -0.302 e. The molecular weight excluding hydrogens is 288 g/mol. The zero-order valence-corrected chi connectivity index (χ0v) is 10.7. The van der Waals surface area contributed by atoms with Crippen LogP contribution in [0.4, 0.5) is 0 Å². The molecule has 0 saturated carbocycles. The van der Waals surface area contributed by atoms with Crippen molar-refractivity contribution in [3.63, 3.8) is 0 Å². The number of benzene rings is 2. The van der Waals surface area contributed by atoms with Crippen LogP contribution in [-0.4, -0.2) is 8.76 Å². The zero-order chi connectivity index (χ0) is 11.5. The summed E-state index contributed by atoms with van der Waals surface area (Å²) in [5, 5.41) is 0. The van der Waals surface area contributed by atoms with E-state index in [0.29, 0.717) is 4.90 Å². The summed E-state index contributed by atoms with van der Waals surface area (Å²) in [5.41, 5.74) is 1.69. The maximum absolute atomic E-state index is 11.2. The lowest BCUT2D eigenvalue weighted by Gasteiger charge is -2.07. The molecule has 0 heterocycles. The van der Waals surface area contributed by atoms with E-state index >= 15 is 0 Å². The molecule has 1 unspecified atom stereocenters. The van der Waals surface area contributed by atoms with Crippen LogP contribution in [0.1, 0.15) is 0 Å². The molecule has 0 saturated heterocycles. The van der Waals surface area contributed by atoms with Gasteiger partial charge in [-0.2, -0.15) is 0 Å². The average molecular weight is 297 g/mol. The van der Waals surface area contributed by atoms with Crippen molar-refractivity contribution in [2.45, 2.75) is 4.90 Å². The van der Waals surface area contributed by atoms with Gasteiger partial charge in [0.25, 0.3) is 0 Å². The second-order valence-corrected chi connectivity index (χ2v) is 5.02. The van der Waals surface area contributed by atoms with E-state index in [1.165, 1.54) is 0 Å². The third-order valence-corrected chi connectivity index (χ3v) is 3.66. The van der Waals surface area contributed by atoms with E-state index in [1.54, 1.807) is 12.1 Å². The van der Waals surface area contributed by atoms with Gasteiger partial charge in [0.15, 0.2) is 11.1 Å². The molecule has 0 aliphatic heterocycles. The van der Waals surface area contributed by atoms with E-state index in [1.807, 2.05) is 36.4 Å². The van der Waals surface area contributed by atoms with Crippen molar-refractivity contribution in [1.82, 2.24) is 0 Å². The first-order valence-electron chi connectivity index (χ1n) is 4.65. The van der Waals surface area contributed by atoms with Gasteiger partial charge in [-0.1, -0.05) is 52.3 Å². The van der Waals surface area contributed by atoms with Crippen molar-refractivity contribution >= 4 is 27.0 Å². The highest BCUT2D eigenvalue weighted by Gasteiger charge is 2.10. The second-order valence-electron chi connectivity index (χ2n) is 3.23. The molecule has 2 rings (SSSR count). The monoisotopic (exact) mass is 296 g/mol. The number of hydrogen-bond donors (Lipinski definition) is 1. The average Bonchev–Trinajstić information content (AvgIpc) is 2.29. The summed E-state index contributed by atoms with van der Waals surface area (Å²) in [6, 6.07) is 14.7. The summed E-state index contributed by atoms with van der Waals surface area (Å²) in [4.78, 5) is 0.425. The second kappa shape index (κ2) is 4.91. The molecule has 2 aromatic rings. The SMILES string of the molecule is O=S(O)c1ccccc1-c1ccccc1Br. The summed E-state index contributed by atoms with van der Waals surface area (Å²) in [7, 11) is 0. The molecule has 0 bridgehead atoms. The Morgan fingerprint density at radius 2 is 1.50 bits per heavy atom. The van der Waals surface area contributed by atoms with E-state index in [4.69, 9.17) is 0 Å². The lowest BCUT2D eigenvalue weighted by atomic mass is 10.1. The third-order valence-electron chi connectivity index (χ3n) is 2.24. The Hall–Kier alpha value is -0.970. The molecule has 1 atom stereocenters. The summed E-state index contributed by atoms with van der Waals surface area (Å²) in [5.74, 6) is 0. The minimum absolute atomic E-state index is 0.425. The van der Waals surface area contributed by atoms with Gasteiger partial charge in [-0.25, -0.2) is 4.21 Å². The fourth-order valence-electron chi connectivity index (χ4n) is 1.52. The molecule has 82 valence electrons. The zero-order valence-electron chi connectivity index (χ0n) is 8.26. The highest BCUT2D eigenvalue weighted by molar-refractivity contribution is 9.10. The predicted octanol–water partition coefficient (Wildman–Crippen LogP) is 3.70. The molecule has 2 nitrogen and oxygen atoms in total. The van der Waals surface area contributed by atoms with Gasteiger partial charge < -0.3 is 4.55 Å². The van der Waals surface area contributed by atoms with Crippen molar-refractivity contribution in [2.24, 2.45) is 0 Å². The van der Waals surface area contributed by atoms with Gasteiger partial charge in [0.05, 0.1) is 4.90 Å². The van der Waals surface area contributed by atoms with E-state index in [0.717, 1.165) is 15.6 Å². The molecule has 0 aliphatic carbocycles. The predicted molar refractivity (Wildman–Crippen MR) is 68.6 cm³/mol. The normalized spacial score (nSPS) is 12.4. The van der Waals surface area contributed by atoms with E-state index in [2.05, 4.69) is 15.9 Å². The molecule has 0 amide bonds. The summed E-state index contributed by atoms with van der Waals surface area (Å²) in [6.07, 6.45) is 0. The Bertz CT molecular complexity index is 540. The van der Waals surface area contributed by atoms with Gasteiger partial charge in [0, 0.05) is 10.0 Å². The topological polar surface area (TPSA) is 37.3 Å². The number of halogens is 1. The van der Waals surface area contributed by atoms with Crippen molar-refractivity contribution in [3.8, 4) is 11.1 Å². The van der Waals surface area contributed by atoms with Gasteiger partial charge in [-0.15, -0.1) is 0 Å².